The number of halogens is 5. The molecule has 170 valence electrons. The molecule has 1 aromatic carbocycles. The number of hydrogen-bond donors (Lipinski definition) is 2. The predicted octanol–water partition coefficient (Wildman–Crippen LogP) is 4.83. The van der Waals surface area contributed by atoms with Crippen LogP contribution in [0.3, 0.4) is 0 Å². The van der Waals surface area contributed by atoms with Gasteiger partial charge >= 0.3 is 12.2 Å². The van der Waals surface area contributed by atoms with Gasteiger partial charge in [0.15, 0.2) is 17.4 Å². The maximum absolute atomic E-state index is 14.0. The first-order valence-electron chi connectivity index (χ1n) is 9.73. The van der Waals surface area contributed by atoms with Gasteiger partial charge in [0.05, 0.1) is 18.1 Å². The third-order valence-corrected chi connectivity index (χ3v) is 5.14. The number of furan rings is 1. The second-order valence-corrected chi connectivity index (χ2v) is 7.39. The molecule has 0 spiro atoms. The maximum atomic E-state index is 14.0. The zero-order chi connectivity index (χ0) is 23.0. The van der Waals surface area contributed by atoms with Crippen LogP contribution in [0.1, 0.15) is 30.2 Å². The molecule has 1 unspecified atom stereocenters. The second kappa shape index (κ2) is 8.24. The zero-order valence-electron chi connectivity index (χ0n) is 16.8. The smallest absolute Gasteiger partial charge is 0.416 e. The third-order valence-electron chi connectivity index (χ3n) is 5.14. The lowest BCUT2D eigenvalue weighted by Gasteiger charge is -2.21. The topological polar surface area (TPSA) is 83.3 Å². The highest BCUT2D eigenvalue weighted by atomic mass is 19.4. The summed E-state index contributed by atoms with van der Waals surface area (Å²) in [5.74, 6) is -2.38. The second-order valence-electron chi connectivity index (χ2n) is 7.39. The summed E-state index contributed by atoms with van der Waals surface area (Å²) in [4.78, 5) is 22.5. The van der Waals surface area contributed by atoms with E-state index in [1.807, 2.05) is 4.90 Å². The summed E-state index contributed by atoms with van der Waals surface area (Å²) >= 11 is 0. The van der Waals surface area contributed by atoms with Gasteiger partial charge in [0.2, 0.25) is 5.95 Å². The Morgan fingerprint density at radius 1 is 1.16 bits per heavy atom. The number of rotatable bonds is 4. The summed E-state index contributed by atoms with van der Waals surface area (Å²) in [6.45, 7) is 2.84. The van der Waals surface area contributed by atoms with E-state index in [0.29, 0.717) is 12.0 Å². The van der Waals surface area contributed by atoms with Crippen molar-refractivity contribution in [1.82, 2.24) is 15.3 Å². The van der Waals surface area contributed by atoms with E-state index < -0.39 is 41.2 Å². The fraction of sp³-hybridized carbons (Fsp3) is 0.350. The van der Waals surface area contributed by atoms with Crippen LogP contribution in [-0.2, 0) is 0 Å². The van der Waals surface area contributed by atoms with Gasteiger partial charge < -0.3 is 20.0 Å². The number of anilines is 2. The minimum Gasteiger partial charge on any atom is -0.455 e. The molecule has 1 atom stereocenters. The summed E-state index contributed by atoms with van der Waals surface area (Å²) in [5, 5.41) is 3.86. The number of aromatic nitrogens is 2. The fourth-order valence-corrected chi connectivity index (χ4v) is 3.60. The van der Waals surface area contributed by atoms with E-state index in [1.54, 1.807) is 5.32 Å². The van der Waals surface area contributed by atoms with Gasteiger partial charge in [-0.2, -0.15) is 13.2 Å². The quantitative estimate of drug-likeness (QED) is 0.551. The van der Waals surface area contributed by atoms with Gasteiger partial charge in [0.1, 0.15) is 11.6 Å². The molecule has 7 nitrogen and oxygen atoms in total. The Morgan fingerprint density at radius 2 is 1.81 bits per heavy atom. The van der Waals surface area contributed by atoms with Crippen LogP contribution in [-0.4, -0.2) is 35.3 Å². The summed E-state index contributed by atoms with van der Waals surface area (Å²) in [6.07, 6.45) is -0.368. The standard InChI is InChI=1S/C20H18F5N5O2/c1-10-13-6-11(21)7-14(22)16(13)32-15(10)17(20(23,24)25)29-19(31)28-12-8-26-18(27-9-12)30-4-2-3-5-30/h6-9,17H,2-5H2,1H3,(H2,28,29,31). The summed E-state index contributed by atoms with van der Waals surface area (Å²) in [6, 6.07) is -2.42. The molecule has 4 rings (SSSR count). The number of aryl methyl sites for hydroxylation is 1. The maximum Gasteiger partial charge on any atom is 0.416 e. The summed E-state index contributed by atoms with van der Waals surface area (Å²) < 4.78 is 73.7. The average Bonchev–Trinajstić information content (AvgIpc) is 3.35. The Morgan fingerprint density at radius 3 is 2.44 bits per heavy atom. The number of carbonyl (C=O) groups excluding carboxylic acids is 1. The van der Waals surface area contributed by atoms with Gasteiger partial charge in [-0.05, 0) is 25.8 Å². The van der Waals surface area contributed by atoms with Crippen LogP contribution in [0, 0.1) is 18.6 Å². The number of nitrogens with zero attached hydrogens (tertiary/aromatic N) is 3. The molecule has 0 saturated carbocycles. The van der Waals surface area contributed by atoms with Crippen LogP contribution in [0.2, 0.25) is 0 Å². The van der Waals surface area contributed by atoms with Crippen molar-refractivity contribution in [2.24, 2.45) is 0 Å². The lowest BCUT2D eigenvalue weighted by molar-refractivity contribution is -0.158. The molecule has 12 heteroatoms. The van der Waals surface area contributed by atoms with Gasteiger partial charge in [0, 0.05) is 30.1 Å². The predicted molar refractivity (Wildman–Crippen MR) is 105 cm³/mol. The van der Waals surface area contributed by atoms with Crippen LogP contribution in [0.25, 0.3) is 11.0 Å². The van der Waals surface area contributed by atoms with Crippen LogP contribution < -0.4 is 15.5 Å². The number of alkyl halides is 3. The summed E-state index contributed by atoms with van der Waals surface area (Å²) in [7, 11) is 0. The monoisotopic (exact) mass is 455 g/mol. The fourth-order valence-electron chi connectivity index (χ4n) is 3.60. The molecular formula is C20H18F5N5O2. The van der Waals surface area contributed by atoms with Crippen molar-refractivity contribution >= 4 is 28.6 Å². The number of fused-ring (bicyclic) bond motifs is 1. The largest absolute Gasteiger partial charge is 0.455 e. The average molecular weight is 455 g/mol. The highest BCUT2D eigenvalue weighted by molar-refractivity contribution is 5.89. The number of amides is 2. The van der Waals surface area contributed by atoms with Crippen molar-refractivity contribution in [2.75, 3.05) is 23.3 Å². The van der Waals surface area contributed by atoms with Crippen molar-refractivity contribution < 1.29 is 31.2 Å². The minimum atomic E-state index is -4.97. The van der Waals surface area contributed by atoms with E-state index in [1.165, 1.54) is 19.3 Å². The highest BCUT2D eigenvalue weighted by Crippen LogP contribution is 2.39. The van der Waals surface area contributed by atoms with Crippen molar-refractivity contribution in [2.45, 2.75) is 32.0 Å². The normalized spacial score (nSPS) is 15.2. The molecule has 1 aliphatic rings. The Bertz CT molecular complexity index is 1140. The van der Waals surface area contributed by atoms with E-state index in [4.69, 9.17) is 4.42 Å². The Balaban J connectivity index is 1.55. The number of nitrogens with one attached hydrogen (secondary N) is 2. The Hall–Kier alpha value is -3.44. The van der Waals surface area contributed by atoms with E-state index in [-0.39, 0.29) is 16.6 Å². The molecule has 2 amide bonds. The van der Waals surface area contributed by atoms with Gasteiger partial charge in [-0.15, -0.1) is 0 Å². The van der Waals surface area contributed by atoms with Gasteiger partial charge in [-0.1, -0.05) is 0 Å². The first-order valence-corrected chi connectivity index (χ1v) is 9.73. The third kappa shape index (κ3) is 4.30. The van der Waals surface area contributed by atoms with Crippen LogP contribution >= 0.6 is 0 Å². The molecule has 32 heavy (non-hydrogen) atoms. The van der Waals surface area contributed by atoms with E-state index in [2.05, 4.69) is 15.3 Å². The van der Waals surface area contributed by atoms with Crippen molar-refractivity contribution in [3.05, 3.63) is 47.5 Å². The van der Waals surface area contributed by atoms with Crippen molar-refractivity contribution in [3.63, 3.8) is 0 Å². The number of benzene rings is 1. The number of hydrogen-bond acceptors (Lipinski definition) is 5. The van der Waals surface area contributed by atoms with E-state index in [0.717, 1.165) is 32.0 Å². The van der Waals surface area contributed by atoms with E-state index in [9.17, 15) is 26.7 Å². The zero-order valence-corrected chi connectivity index (χ0v) is 16.8. The lowest BCUT2D eigenvalue weighted by atomic mass is 10.1. The van der Waals surface area contributed by atoms with E-state index >= 15 is 0 Å². The molecule has 3 heterocycles. The van der Waals surface area contributed by atoms with Gasteiger partial charge in [-0.3, -0.25) is 0 Å². The molecular weight excluding hydrogens is 437 g/mol. The molecule has 1 fully saturated rings. The molecule has 1 saturated heterocycles. The first-order chi connectivity index (χ1) is 15.1. The minimum absolute atomic E-state index is 0.0841. The molecule has 0 bridgehead atoms. The Labute approximate surface area is 178 Å². The van der Waals surface area contributed by atoms with Crippen LogP contribution in [0.5, 0.6) is 0 Å². The highest BCUT2D eigenvalue weighted by Gasteiger charge is 2.45. The summed E-state index contributed by atoms with van der Waals surface area (Å²) in [5.41, 5.74) is -0.582. The number of carbonyl (C=O) groups is 1. The van der Waals surface area contributed by atoms with Gasteiger partial charge in [0.25, 0.3) is 0 Å². The molecule has 2 N–H and O–H groups in total. The lowest BCUT2D eigenvalue weighted by Crippen LogP contribution is -2.40. The molecule has 0 radical (unpaired) electrons. The molecule has 1 aliphatic heterocycles. The van der Waals surface area contributed by atoms with Crippen molar-refractivity contribution in [3.8, 4) is 0 Å². The first kappa shape index (κ1) is 21.8. The number of urea groups is 1. The van der Waals surface area contributed by atoms with Gasteiger partial charge in [-0.25, -0.2) is 23.5 Å². The van der Waals surface area contributed by atoms with Crippen LogP contribution in [0.4, 0.5) is 38.4 Å². The van der Waals surface area contributed by atoms with Crippen LogP contribution in [0.15, 0.2) is 28.9 Å². The molecule has 3 aromatic rings. The molecule has 0 aliphatic carbocycles. The SMILES string of the molecule is Cc1c(C(NC(=O)Nc2cnc(N3CCCC3)nc2)C(F)(F)F)oc2c(F)cc(F)cc12. The molecule has 2 aromatic heterocycles. The van der Waals surface area contributed by atoms with Crippen molar-refractivity contribution in [1.29, 1.82) is 0 Å². The Kier molecular flexibility index (Phi) is 5.61.